The lowest BCUT2D eigenvalue weighted by Gasteiger charge is -2.36. The fraction of sp³-hybridized carbons (Fsp3) is 0.529. The van der Waals surface area contributed by atoms with Crippen LogP contribution in [0.4, 0.5) is 18.9 Å². The molecule has 0 atom stereocenters. The molecule has 0 unspecified atom stereocenters. The summed E-state index contributed by atoms with van der Waals surface area (Å²) in [4.78, 5) is 28.9. The SMILES string of the molecule is CN1CCN(C(=O)C(C)(C)C(=O)Nc2ccc(Cl)cc2C(F)(F)F)CC1. The van der Waals surface area contributed by atoms with Crippen LogP contribution < -0.4 is 5.32 Å². The van der Waals surface area contributed by atoms with Crippen LogP contribution in [-0.4, -0.2) is 54.8 Å². The molecule has 26 heavy (non-hydrogen) atoms. The van der Waals surface area contributed by atoms with Crippen LogP contribution in [0.15, 0.2) is 18.2 Å². The Morgan fingerprint density at radius 1 is 1.12 bits per heavy atom. The molecular formula is C17H21ClF3N3O2. The predicted molar refractivity (Wildman–Crippen MR) is 92.9 cm³/mol. The average molecular weight is 392 g/mol. The maximum absolute atomic E-state index is 13.2. The molecule has 1 aliphatic rings. The minimum absolute atomic E-state index is 0.0944. The van der Waals surface area contributed by atoms with Gasteiger partial charge in [-0.15, -0.1) is 0 Å². The van der Waals surface area contributed by atoms with Crippen molar-refractivity contribution in [3.63, 3.8) is 0 Å². The maximum Gasteiger partial charge on any atom is 0.418 e. The van der Waals surface area contributed by atoms with Crippen LogP contribution in [0.3, 0.4) is 0 Å². The summed E-state index contributed by atoms with van der Waals surface area (Å²) in [5.74, 6) is -1.21. The van der Waals surface area contributed by atoms with Crippen molar-refractivity contribution >= 4 is 29.1 Å². The molecular weight excluding hydrogens is 371 g/mol. The van der Waals surface area contributed by atoms with Gasteiger partial charge in [-0.2, -0.15) is 13.2 Å². The van der Waals surface area contributed by atoms with Gasteiger partial charge < -0.3 is 15.1 Å². The van der Waals surface area contributed by atoms with Crippen LogP contribution in [0.2, 0.25) is 5.02 Å². The molecule has 1 aromatic rings. The first-order valence-electron chi connectivity index (χ1n) is 8.09. The lowest BCUT2D eigenvalue weighted by atomic mass is 9.89. The molecule has 1 saturated heterocycles. The van der Waals surface area contributed by atoms with Crippen LogP contribution >= 0.6 is 11.6 Å². The topological polar surface area (TPSA) is 52.7 Å². The Kier molecular flexibility index (Phi) is 5.87. The zero-order chi connectivity index (χ0) is 19.7. The van der Waals surface area contributed by atoms with Gasteiger partial charge in [0.2, 0.25) is 11.8 Å². The van der Waals surface area contributed by atoms with Gasteiger partial charge in [0, 0.05) is 31.2 Å². The van der Waals surface area contributed by atoms with Gasteiger partial charge in [-0.1, -0.05) is 11.6 Å². The highest BCUT2D eigenvalue weighted by atomic mass is 35.5. The largest absolute Gasteiger partial charge is 0.418 e. The van der Waals surface area contributed by atoms with E-state index in [1.54, 1.807) is 4.90 Å². The van der Waals surface area contributed by atoms with Crippen molar-refractivity contribution in [1.82, 2.24) is 9.80 Å². The Hall–Kier alpha value is -1.80. The molecule has 0 bridgehead atoms. The molecule has 1 heterocycles. The monoisotopic (exact) mass is 391 g/mol. The minimum Gasteiger partial charge on any atom is -0.339 e. The highest BCUT2D eigenvalue weighted by molar-refractivity contribution is 6.30. The van der Waals surface area contributed by atoms with E-state index in [4.69, 9.17) is 11.6 Å². The molecule has 0 saturated carbocycles. The summed E-state index contributed by atoms with van der Waals surface area (Å²) < 4.78 is 39.5. The number of hydrogen-bond acceptors (Lipinski definition) is 3. The van der Waals surface area contributed by atoms with Crippen molar-refractivity contribution in [1.29, 1.82) is 0 Å². The summed E-state index contributed by atoms with van der Waals surface area (Å²) in [6.45, 7) is 5.12. The summed E-state index contributed by atoms with van der Waals surface area (Å²) in [6.07, 6.45) is -4.68. The molecule has 0 radical (unpaired) electrons. The van der Waals surface area contributed by atoms with Gasteiger partial charge in [0.05, 0.1) is 11.3 Å². The van der Waals surface area contributed by atoms with E-state index in [1.807, 2.05) is 7.05 Å². The molecule has 0 aromatic heterocycles. The van der Waals surface area contributed by atoms with E-state index < -0.39 is 34.7 Å². The number of rotatable bonds is 3. The summed E-state index contributed by atoms with van der Waals surface area (Å²) in [5.41, 5.74) is -2.98. The highest BCUT2D eigenvalue weighted by Crippen LogP contribution is 2.37. The molecule has 1 aromatic carbocycles. The molecule has 0 spiro atoms. The molecule has 0 aliphatic carbocycles. The van der Waals surface area contributed by atoms with Gasteiger partial charge in [-0.3, -0.25) is 9.59 Å². The number of likely N-dealkylation sites (N-methyl/N-ethyl adjacent to an activating group) is 1. The Morgan fingerprint density at radius 3 is 2.23 bits per heavy atom. The van der Waals surface area contributed by atoms with Crippen molar-refractivity contribution in [2.75, 3.05) is 38.5 Å². The van der Waals surface area contributed by atoms with Crippen LogP contribution in [0, 0.1) is 5.41 Å². The predicted octanol–water partition coefficient (Wildman–Crippen LogP) is 3.10. The molecule has 144 valence electrons. The minimum atomic E-state index is -4.68. The van der Waals surface area contributed by atoms with Crippen molar-refractivity contribution in [2.24, 2.45) is 5.41 Å². The van der Waals surface area contributed by atoms with Gasteiger partial charge in [0.15, 0.2) is 0 Å². The quantitative estimate of drug-likeness (QED) is 0.805. The van der Waals surface area contributed by atoms with Gasteiger partial charge in [-0.05, 0) is 39.1 Å². The smallest absolute Gasteiger partial charge is 0.339 e. The second-order valence-corrected chi connectivity index (χ2v) is 7.30. The van der Waals surface area contributed by atoms with Crippen LogP contribution in [0.5, 0.6) is 0 Å². The second-order valence-electron chi connectivity index (χ2n) is 6.86. The zero-order valence-electron chi connectivity index (χ0n) is 14.8. The first-order chi connectivity index (χ1) is 11.9. The molecule has 1 aliphatic heterocycles. The Morgan fingerprint density at radius 2 is 1.69 bits per heavy atom. The van der Waals surface area contributed by atoms with Gasteiger partial charge in [-0.25, -0.2) is 0 Å². The summed E-state index contributed by atoms with van der Waals surface area (Å²) in [6, 6.07) is 3.08. The molecule has 5 nitrogen and oxygen atoms in total. The Bertz CT molecular complexity index is 699. The first-order valence-corrected chi connectivity index (χ1v) is 8.47. The van der Waals surface area contributed by atoms with E-state index in [0.717, 1.165) is 12.1 Å². The zero-order valence-corrected chi connectivity index (χ0v) is 15.5. The van der Waals surface area contributed by atoms with Crippen LogP contribution in [0.25, 0.3) is 0 Å². The van der Waals surface area contributed by atoms with Crippen molar-refractivity contribution in [2.45, 2.75) is 20.0 Å². The van der Waals surface area contributed by atoms with Gasteiger partial charge in [0.1, 0.15) is 5.41 Å². The number of alkyl halides is 3. The summed E-state index contributed by atoms with van der Waals surface area (Å²) >= 11 is 5.64. The lowest BCUT2D eigenvalue weighted by Crippen LogP contribution is -2.53. The van der Waals surface area contributed by atoms with Crippen molar-refractivity contribution < 1.29 is 22.8 Å². The van der Waals surface area contributed by atoms with E-state index in [-0.39, 0.29) is 5.02 Å². The third-order valence-corrected chi connectivity index (χ3v) is 4.66. The van der Waals surface area contributed by atoms with Gasteiger partial charge in [0.25, 0.3) is 0 Å². The summed E-state index contributed by atoms with van der Waals surface area (Å²) in [5, 5.41) is 2.14. The Balaban J connectivity index is 2.19. The number of nitrogens with zero attached hydrogens (tertiary/aromatic N) is 2. The van der Waals surface area contributed by atoms with Crippen molar-refractivity contribution in [3.05, 3.63) is 28.8 Å². The molecule has 9 heteroatoms. The first kappa shape index (κ1) is 20.5. The average Bonchev–Trinajstić information content (AvgIpc) is 2.55. The number of carbonyl (C=O) groups is 2. The molecule has 2 amide bonds. The molecule has 1 N–H and O–H groups in total. The van der Waals surface area contributed by atoms with E-state index in [0.29, 0.717) is 26.2 Å². The number of halogens is 4. The molecule has 2 rings (SSSR count). The maximum atomic E-state index is 13.2. The fourth-order valence-corrected chi connectivity index (χ4v) is 2.81. The van der Waals surface area contributed by atoms with E-state index >= 15 is 0 Å². The van der Waals surface area contributed by atoms with Crippen LogP contribution in [-0.2, 0) is 15.8 Å². The van der Waals surface area contributed by atoms with Crippen LogP contribution in [0.1, 0.15) is 19.4 Å². The number of amides is 2. The number of anilines is 1. The third-order valence-electron chi connectivity index (χ3n) is 4.43. The lowest BCUT2D eigenvalue weighted by molar-refractivity contribution is -0.147. The number of carbonyl (C=O) groups excluding carboxylic acids is 2. The van der Waals surface area contributed by atoms with Crippen molar-refractivity contribution in [3.8, 4) is 0 Å². The number of benzene rings is 1. The fourth-order valence-electron chi connectivity index (χ4n) is 2.64. The number of hydrogen-bond donors (Lipinski definition) is 1. The molecule has 1 fully saturated rings. The highest BCUT2D eigenvalue weighted by Gasteiger charge is 2.41. The normalized spacial score (nSPS) is 16.5. The van der Waals surface area contributed by atoms with E-state index in [2.05, 4.69) is 10.2 Å². The number of piperazine rings is 1. The van der Waals surface area contributed by atoms with E-state index in [9.17, 15) is 22.8 Å². The Labute approximate surface area is 155 Å². The van der Waals surface area contributed by atoms with E-state index in [1.165, 1.54) is 19.9 Å². The van der Waals surface area contributed by atoms with Gasteiger partial charge >= 0.3 is 6.18 Å². The third kappa shape index (κ3) is 4.48. The number of nitrogens with one attached hydrogen (secondary N) is 1. The summed E-state index contributed by atoms with van der Waals surface area (Å²) in [7, 11) is 1.93. The standard InChI is InChI=1S/C17H21ClF3N3O2/c1-16(2,15(26)24-8-6-23(3)7-9-24)14(25)22-13-5-4-11(18)10-12(13)17(19,20)21/h4-5,10H,6-9H2,1-3H3,(H,22,25). The second kappa shape index (κ2) is 7.44.